The third-order valence-corrected chi connectivity index (χ3v) is 6.07. The molecule has 0 fully saturated rings. The largest absolute Gasteiger partial charge is 0.364 e. The summed E-state index contributed by atoms with van der Waals surface area (Å²) in [5.74, 6) is -4.97. The first-order valence-corrected chi connectivity index (χ1v) is 9.32. The zero-order chi connectivity index (χ0) is 21.4. The van der Waals surface area contributed by atoms with Gasteiger partial charge in [-0.1, -0.05) is 0 Å². The number of primary amides is 1. The van der Waals surface area contributed by atoms with Gasteiger partial charge in [0.25, 0.3) is 15.9 Å². The van der Waals surface area contributed by atoms with Gasteiger partial charge in [0.05, 0.1) is 11.3 Å². The Morgan fingerprint density at radius 3 is 2.46 bits per heavy atom. The lowest BCUT2D eigenvalue weighted by molar-refractivity contribution is 0.0905. The molecular formula is C17H17F3N4O3S. The number of hydrogen-bond acceptors (Lipinski definition) is 4. The number of nitrogens with zero attached hydrogens (tertiary/aromatic N) is 3. The lowest BCUT2D eigenvalue weighted by Gasteiger charge is -2.36. The summed E-state index contributed by atoms with van der Waals surface area (Å²) in [6.45, 7) is 1.51. The van der Waals surface area contributed by atoms with Crippen LogP contribution in [0.5, 0.6) is 0 Å². The number of nitriles is 1. The quantitative estimate of drug-likeness (QED) is 0.732. The van der Waals surface area contributed by atoms with Gasteiger partial charge >= 0.3 is 0 Å². The third-order valence-electron chi connectivity index (χ3n) is 4.20. The van der Waals surface area contributed by atoms with Crippen LogP contribution in [0, 0.1) is 17.1 Å². The van der Waals surface area contributed by atoms with Crippen molar-refractivity contribution in [3.05, 3.63) is 47.5 Å². The van der Waals surface area contributed by atoms with Crippen LogP contribution in [0.3, 0.4) is 0 Å². The van der Waals surface area contributed by atoms with E-state index in [4.69, 9.17) is 11.0 Å². The molecule has 0 radical (unpaired) electrons. The fraction of sp³-hybridized carbons (Fsp3) is 0.294. The monoisotopic (exact) mass is 414 g/mol. The summed E-state index contributed by atoms with van der Waals surface area (Å²) in [6, 6.07) is 4.91. The van der Waals surface area contributed by atoms with E-state index < -0.39 is 49.9 Å². The van der Waals surface area contributed by atoms with Gasteiger partial charge in [-0.2, -0.15) is 5.26 Å². The van der Waals surface area contributed by atoms with E-state index in [0.29, 0.717) is 6.92 Å². The van der Waals surface area contributed by atoms with Crippen LogP contribution in [0.15, 0.2) is 35.4 Å². The van der Waals surface area contributed by atoms with Crippen molar-refractivity contribution in [1.82, 2.24) is 4.57 Å². The fourth-order valence-electron chi connectivity index (χ4n) is 2.54. The molecule has 2 rings (SSSR count). The first-order valence-electron chi connectivity index (χ1n) is 7.88. The Kier molecular flexibility index (Phi) is 5.48. The minimum Gasteiger partial charge on any atom is -0.364 e. The number of aryl methyl sites for hydroxylation is 1. The van der Waals surface area contributed by atoms with E-state index in [1.165, 1.54) is 13.1 Å². The summed E-state index contributed by atoms with van der Waals surface area (Å²) in [6.07, 6.45) is -1.28. The molecule has 0 saturated heterocycles. The number of rotatable bonds is 6. The van der Waals surface area contributed by atoms with E-state index in [1.54, 1.807) is 0 Å². The average molecular weight is 414 g/mol. The molecular weight excluding hydrogens is 397 g/mol. The van der Waals surface area contributed by atoms with Crippen molar-refractivity contribution in [1.29, 1.82) is 5.26 Å². The van der Waals surface area contributed by atoms with Crippen LogP contribution in [0.2, 0.25) is 0 Å². The molecule has 2 atom stereocenters. The molecule has 0 bridgehead atoms. The van der Waals surface area contributed by atoms with E-state index in [0.717, 1.165) is 42.0 Å². The molecule has 0 aliphatic carbocycles. The van der Waals surface area contributed by atoms with Crippen molar-refractivity contribution >= 4 is 21.6 Å². The number of anilines is 1. The molecule has 7 nitrogen and oxygen atoms in total. The molecule has 150 valence electrons. The van der Waals surface area contributed by atoms with Gasteiger partial charge in [-0.15, -0.1) is 0 Å². The van der Waals surface area contributed by atoms with E-state index in [-0.39, 0.29) is 10.00 Å². The molecule has 2 N–H and O–H groups in total. The summed E-state index contributed by atoms with van der Waals surface area (Å²) < 4.78 is 70.4. The van der Waals surface area contributed by atoms with E-state index in [9.17, 15) is 22.0 Å². The predicted octanol–water partition coefficient (Wildman–Crippen LogP) is 2.37. The van der Waals surface area contributed by atoms with Crippen LogP contribution in [0.1, 0.15) is 29.9 Å². The van der Waals surface area contributed by atoms with Crippen molar-refractivity contribution in [3.63, 3.8) is 0 Å². The normalized spacial score (nSPS) is 14.8. The highest BCUT2D eigenvalue weighted by molar-refractivity contribution is 7.92. The Balaban J connectivity index is 2.77. The van der Waals surface area contributed by atoms with Crippen LogP contribution in [0.25, 0.3) is 0 Å². The van der Waals surface area contributed by atoms with E-state index in [1.807, 2.05) is 0 Å². The Bertz CT molecular complexity index is 1070. The number of amides is 1. The molecule has 1 aromatic carbocycles. The second-order valence-corrected chi connectivity index (χ2v) is 8.01. The van der Waals surface area contributed by atoms with Crippen molar-refractivity contribution in [2.24, 2.45) is 12.8 Å². The number of alkyl halides is 2. The maximum atomic E-state index is 15.2. The summed E-state index contributed by atoms with van der Waals surface area (Å²) in [4.78, 5) is 10.9. The van der Waals surface area contributed by atoms with Crippen LogP contribution in [-0.4, -0.2) is 30.9 Å². The zero-order valence-corrected chi connectivity index (χ0v) is 16.0. The highest BCUT2D eigenvalue weighted by Crippen LogP contribution is 2.36. The van der Waals surface area contributed by atoms with Gasteiger partial charge in [0.1, 0.15) is 22.5 Å². The maximum absolute atomic E-state index is 15.2. The molecule has 1 amide bonds. The zero-order valence-electron chi connectivity index (χ0n) is 15.1. The average Bonchev–Trinajstić information content (AvgIpc) is 2.99. The second kappa shape index (κ2) is 7.20. The summed E-state index contributed by atoms with van der Waals surface area (Å²) in [5.41, 5.74) is 3.98. The lowest BCUT2D eigenvalue weighted by atomic mass is 10.1. The van der Waals surface area contributed by atoms with E-state index >= 15 is 4.39 Å². The molecule has 1 heterocycles. The van der Waals surface area contributed by atoms with Crippen LogP contribution in [0.4, 0.5) is 18.9 Å². The van der Waals surface area contributed by atoms with E-state index in [2.05, 4.69) is 0 Å². The number of carbonyl (C=O) groups is 1. The van der Waals surface area contributed by atoms with Crippen molar-refractivity contribution in [3.8, 4) is 6.07 Å². The Labute approximate surface area is 159 Å². The van der Waals surface area contributed by atoms with Gasteiger partial charge in [-0.05, 0) is 38.1 Å². The molecule has 11 heteroatoms. The number of carbonyl (C=O) groups excluding carboxylic acids is 1. The van der Waals surface area contributed by atoms with Crippen molar-refractivity contribution < 1.29 is 26.4 Å². The maximum Gasteiger partial charge on any atom is 0.268 e. The number of hydrogen-bond donors (Lipinski definition) is 1. The molecule has 2 aromatic rings. The lowest BCUT2D eigenvalue weighted by Crippen LogP contribution is -2.52. The first kappa shape index (κ1) is 21.3. The van der Waals surface area contributed by atoms with Crippen LogP contribution < -0.4 is 10.0 Å². The number of nitrogens with two attached hydrogens (primary N) is 1. The SMILES string of the molecule is C[C@@H](F)[C@@](C)(F)N(c1ccc(F)c(C#N)c1)S(=O)(=O)c1cc(C(N)=O)n(C)c1. The van der Waals surface area contributed by atoms with Crippen LogP contribution >= 0.6 is 0 Å². The molecule has 0 aliphatic heterocycles. The minimum absolute atomic E-state index is 0.116. The molecule has 0 saturated carbocycles. The van der Waals surface area contributed by atoms with Crippen LogP contribution in [-0.2, 0) is 17.1 Å². The topological polar surface area (TPSA) is 109 Å². The van der Waals surface area contributed by atoms with Gasteiger partial charge in [-0.25, -0.2) is 25.9 Å². The second-order valence-electron chi connectivity index (χ2n) is 6.22. The van der Waals surface area contributed by atoms with Gasteiger partial charge in [0.2, 0.25) is 5.79 Å². The van der Waals surface area contributed by atoms with Crippen molar-refractivity contribution in [2.45, 2.75) is 30.7 Å². The Hall–Kier alpha value is -3.00. The Morgan fingerprint density at radius 2 is 2.00 bits per heavy atom. The van der Waals surface area contributed by atoms with Gasteiger partial charge in [0, 0.05) is 13.2 Å². The standard InChI is InChI=1S/C17H17F3N4O3S/c1-10(18)17(2,20)24(12-4-5-14(19)11(6-12)8-21)28(26,27)13-7-15(16(22)25)23(3)9-13/h4-7,9-10H,1-3H3,(H2,22,25)/t10-,17+/m1/s1. The summed E-state index contributed by atoms with van der Waals surface area (Å²) in [7, 11) is -3.42. The third kappa shape index (κ3) is 3.55. The van der Waals surface area contributed by atoms with Crippen molar-refractivity contribution in [2.75, 3.05) is 4.31 Å². The molecule has 0 unspecified atom stereocenters. The summed E-state index contributed by atoms with van der Waals surface area (Å²) in [5, 5.41) is 8.98. The smallest absolute Gasteiger partial charge is 0.268 e. The number of aromatic nitrogens is 1. The minimum atomic E-state index is -4.77. The summed E-state index contributed by atoms with van der Waals surface area (Å²) >= 11 is 0. The van der Waals surface area contributed by atoms with Gasteiger partial charge in [-0.3, -0.25) is 4.79 Å². The molecule has 0 spiro atoms. The van der Waals surface area contributed by atoms with Gasteiger partial charge < -0.3 is 10.3 Å². The molecule has 28 heavy (non-hydrogen) atoms. The molecule has 1 aromatic heterocycles. The highest BCUT2D eigenvalue weighted by atomic mass is 32.2. The number of benzene rings is 1. The predicted molar refractivity (Wildman–Crippen MR) is 94.8 cm³/mol. The first-order chi connectivity index (χ1) is 12.8. The number of halogens is 3. The highest BCUT2D eigenvalue weighted by Gasteiger charge is 2.46. The van der Waals surface area contributed by atoms with Gasteiger partial charge in [0.15, 0.2) is 6.17 Å². The Morgan fingerprint density at radius 1 is 1.39 bits per heavy atom. The number of sulfonamides is 1. The fourth-order valence-corrected chi connectivity index (χ4v) is 4.31. The molecule has 0 aliphatic rings.